The molecule has 0 unspecified atom stereocenters. The van der Waals surface area contributed by atoms with Gasteiger partial charge in [-0.05, 0) is 30.5 Å². The number of nitrogens with two attached hydrogens (primary N) is 1. The lowest BCUT2D eigenvalue weighted by molar-refractivity contribution is 0.0730. The lowest BCUT2D eigenvalue weighted by atomic mass is 10.2. The smallest absolute Gasteiger partial charge is 0.259 e. The van der Waals surface area contributed by atoms with Crippen molar-refractivity contribution >= 4 is 11.7 Å². The first kappa shape index (κ1) is 13.5. The standard InChI is InChI=1S/C15H15FN4O/c16-11-3-1-10(2-4-11)8-20(12-5-6-12)15(21)13-7-18-9-19-14(13)17/h1-4,7,9,12H,5-6,8H2,(H2,17,18,19). The van der Waals surface area contributed by atoms with Gasteiger partial charge in [0.1, 0.15) is 23.5 Å². The quantitative estimate of drug-likeness (QED) is 0.933. The number of carbonyl (C=O) groups is 1. The third kappa shape index (κ3) is 2.99. The van der Waals surface area contributed by atoms with Crippen LogP contribution in [0.3, 0.4) is 0 Å². The predicted octanol–water partition coefficient (Wildman–Crippen LogP) is 2.00. The van der Waals surface area contributed by atoms with Crippen LogP contribution in [0.1, 0.15) is 28.8 Å². The Morgan fingerprint density at radius 2 is 2.05 bits per heavy atom. The van der Waals surface area contributed by atoms with E-state index in [2.05, 4.69) is 9.97 Å². The summed E-state index contributed by atoms with van der Waals surface area (Å²) in [6, 6.07) is 6.36. The summed E-state index contributed by atoms with van der Waals surface area (Å²) >= 11 is 0. The van der Waals surface area contributed by atoms with Crippen LogP contribution >= 0.6 is 0 Å². The molecule has 1 saturated carbocycles. The molecular weight excluding hydrogens is 271 g/mol. The van der Waals surface area contributed by atoms with Crippen molar-refractivity contribution in [3.63, 3.8) is 0 Å². The Hall–Kier alpha value is -2.50. The van der Waals surface area contributed by atoms with E-state index in [1.807, 2.05) is 0 Å². The van der Waals surface area contributed by atoms with Crippen LogP contribution < -0.4 is 5.73 Å². The van der Waals surface area contributed by atoms with E-state index in [1.54, 1.807) is 17.0 Å². The Morgan fingerprint density at radius 1 is 1.33 bits per heavy atom. The molecule has 108 valence electrons. The monoisotopic (exact) mass is 286 g/mol. The zero-order chi connectivity index (χ0) is 14.8. The lowest BCUT2D eigenvalue weighted by Gasteiger charge is -2.23. The summed E-state index contributed by atoms with van der Waals surface area (Å²) in [6.45, 7) is 0.429. The molecule has 0 radical (unpaired) electrons. The van der Waals surface area contributed by atoms with Gasteiger partial charge >= 0.3 is 0 Å². The van der Waals surface area contributed by atoms with Crippen molar-refractivity contribution in [2.75, 3.05) is 5.73 Å². The van der Waals surface area contributed by atoms with Crippen molar-refractivity contribution in [2.24, 2.45) is 0 Å². The first-order chi connectivity index (χ1) is 10.1. The van der Waals surface area contributed by atoms with E-state index in [0.717, 1.165) is 18.4 Å². The van der Waals surface area contributed by atoms with Gasteiger partial charge in [0.15, 0.2) is 0 Å². The minimum Gasteiger partial charge on any atom is -0.383 e. The number of hydrogen-bond acceptors (Lipinski definition) is 4. The van der Waals surface area contributed by atoms with Crippen LogP contribution in [0.15, 0.2) is 36.8 Å². The maximum Gasteiger partial charge on any atom is 0.259 e. The largest absolute Gasteiger partial charge is 0.383 e. The van der Waals surface area contributed by atoms with Gasteiger partial charge in [0.2, 0.25) is 0 Å². The number of carbonyl (C=O) groups excluding carboxylic acids is 1. The van der Waals surface area contributed by atoms with Gasteiger partial charge in [-0.25, -0.2) is 14.4 Å². The van der Waals surface area contributed by atoms with Crippen molar-refractivity contribution in [3.8, 4) is 0 Å². The average molecular weight is 286 g/mol. The number of halogens is 1. The highest BCUT2D eigenvalue weighted by Gasteiger charge is 2.34. The van der Waals surface area contributed by atoms with Crippen molar-refractivity contribution in [3.05, 3.63) is 53.7 Å². The maximum atomic E-state index is 13.0. The molecule has 2 N–H and O–H groups in total. The van der Waals surface area contributed by atoms with E-state index in [9.17, 15) is 9.18 Å². The fourth-order valence-corrected chi connectivity index (χ4v) is 2.20. The molecule has 0 bridgehead atoms. The van der Waals surface area contributed by atoms with Gasteiger partial charge in [-0.2, -0.15) is 0 Å². The number of hydrogen-bond donors (Lipinski definition) is 1. The van der Waals surface area contributed by atoms with E-state index in [-0.39, 0.29) is 23.6 Å². The molecule has 6 heteroatoms. The minimum atomic E-state index is -0.288. The second-order valence-electron chi connectivity index (χ2n) is 5.11. The van der Waals surface area contributed by atoms with E-state index in [0.29, 0.717) is 12.1 Å². The lowest BCUT2D eigenvalue weighted by Crippen LogP contribution is -2.33. The number of aromatic nitrogens is 2. The van der Waals surface area contributed by atoms with Gasteiger partial charge in [-0.1, -0.05) is 12.1 Å². The fraction of sp³-hybridized carbons (Fsp3) is 0.267. The molecule has 0 saturated heterocycles. The molecule has 1 aliphatic rings. The van der Waals surface area contributed by atoms with E-state index in [4.69, 9.17) is 5.73 Å². The number of nitrogens with zero attached hydrogens (tertiary/aromatic N) is 3. The highest BCUT2D eigenvalue weighted by molar-refractivity contribution is 5.98. The molecule has 1 fully saturated rings. The fourth-order valence-electron chi connectivity index (χ4n) is 2.20. The summed E-state index contributed by atoms with van der Waals surface area (Å²) in [4.78, 5) is 22.1. The molecule has 1 amide bonds. The first-order valence-electron chi connectivity index (χ1n) is 6.76. The molecule has 1 aliphatic carbocycles. The van der Waals surface area contributed by atoms with E-state index < -0.39 is 0 Å². The molecule has 0 aliphatic heterocycles. The Bertz CT molecular complexity index is 655. The summed E-state index contributed by atoms with van der Waals surface area (Å²) in [5.74, 6) is -0.288. The van der Waals surface area contributed by atoms with Gasteiger partial charge in [0.25, 0.3) is 5.91 Å². The summed E-state index contributed by atoms with van der Waals surface area (Å²) < 4.78 is 13.0. The zero-order valence-corrected chi connectivity index (χ0v) is 11.4. The molecule has 1 aromatic carbocycles. The highest BCUT2D eigenvalue weighted by Crippen LogP contribution is 2.30. The molecule has 0 spiro atoms. The molecule has 2 aromatic rings. The zero-order valence-electron chi connectivity index (χ0n) is 11.4. The number of anilines is 1. The van der Waals surface area contributed by atoms with Gasteiger partial charge in [0, 0.05) is 18.8 Å². The molecule has 1 heterocycles. The van der Waals surface area contributed by atoms with Crippen molar-refractivity contribution in [1.29, 1.82) is 0 Å². The maximum absolute atomic E-state index is 13.0. The van der Waals surface area contributed by atoms with Gasteiger partial charge in [-0.3, -0.25) is 4.79 Å². The van der Waals surface area contributed by atoms with Crippen LogP contribution in [0.4, 0.5) is 10.2 Å². The Balaban J connectivity index is 1.83. The van der Waals surface area contributed by atoms with E-state index in [1.165, 1.54) is 24.7 Å². The third-order valence-electron chi connectivity index (χ3n) is 3.49. The van der Waals surface area contributed by atoms with Crippen LogP contribution in [0.5, 0.6) is 0 Å². The van der Waals surface area contributed by atoms with Crippen molar-refractivity contribution in [1.82, 2.24) is 14.9 Å². The van der Waals surface area contributed by atoms with Gasteiger partial charge < -0.3 is 10.6 Å². The minimum absolute atomic E-state index is 0.180. The first-order valence-corrected chi connectivity index (χ1v) is 6.76. The normalized spacial score (nSPS) is 14.0. The van der Waals surface area contributed by atoms with Gasteiger partial charge in [-0.15, -0.1) is 0 Å². The highest BCUT2D eigenvalue weighted by atomic mass is 19.1. The topological polar surface area (TPSA) is 72.1 Å². The molecule has 21 heavy (non-hydrogen) atoms. The third-order valence-corrected chi connectivity index (χ3v) is 3.49. The van der Waals surface area contributed by atoms with Crippen LogP contribution in [0, 0.1) is 5.82 Å². The summed E-state index contributed by atoms with van der Waals surface area (Å²) in [6.07, 6.45) is 4.69. The summed E-state index contributed by atoms with van der Waals surface area (Å²) in [5.41, 5.74) is 6.94. The van der Waals surface area contributed by atoms with Crippen LogP contribution in [0.2, 0.25) is 0 Å². The molecular formula is C15H15FN4O. The molecule has 0 atom stereocenters. The van der Waals surface area contributed by atoms with E-state index >= 15 is 0 Å². The van der Waals surface area contributed by atoms with Crippen LogP contribution in [-0.4, -0.2) is 26.8 Å². The number of rotatable bonds is 4. The summed E-state index contributed by atoms with van der Waals surface area (Å²) in [5, 5.41) is 0. The Labute approximate surface area is 121 Å². The molecule has 3 rings (SSSR count). The summed E-state index contributed by atoms with van der Waals surface area (Å²) in [7, 11) is 0. The van der Waals surface area contributed by atoms with Crippen molar-refractivity contribution < 1.29 is 9.18 Å². The van der Waals surface area contributed by atoms with Gasteiger partial charge in [0.05, 0.1) is 0 Å². The number of benzene rings is 1. The number of nitrogen functional groups attached to an aromatic ring is 1. The second kappa shape index (κ2) is 5.47. The SMILES string of the molecule is Nc1ncncc1C(=O)N(Cc1ccc(F)cc1)C1CC1. The average Bonchev–Trinajstić information content (AvgIpc) is 3.31. The number of amides is 1. The van der Waals surface area contributed by atoms with Crippen LogP contribution in [-0.2, 0) is 6.54 Å². The molecule has 5 nitrogen and oxygen atoms in total. The Kier molecular flexibility index (Phi) is 3.51. The predicted molar refractivity (Wildman–Crippen MR) is 75.7 cm³/mol. The Morgan fingerprint density at radius 3 is 2.67 bits per heavy atom. The van der Waals surface area contributed by atoms with Crippen molar-refractivity contribution in [2.45, 2.75) is 25.4 Å². The molecule has 1 aromatic heterocycles. The second-order valence-corrected chi connectivity index (χ2v) is 5.11. The van der Waals surface area contributed by atoms with Crippen LogP contribution in [0.25, 0.3) is 0 Å².